The zero-order valence-electron chi connectivity index (χ0n) is 10.7. The van der Waals surface area contributed by atoms with Crippen LogP contribution in [0.25, 0.3) is 0 Å². The van der Waals surface area contributed by atoms with Crippen LogP contribution in [0, 0.1) is 0 Å². The van der Waals surface area contributed by atoms with Gasteiger partial charge in [0.2, 0.25) is 5.78 Å². The monoisotopic (exact) mass is 358 g/mol. The fraction of sp³-hybridized carbons (Fsp3) is 0.333. The van der Waals surface area contributed by atoms with Crippen molar-refractivity contribution >= 4 is 52.6 Å². The predicted molar refractivity (Wildman–Crippen MR) is 80.5 cm³/mol. The third-order valence-electron chi connectivity index (χ3n) is 2.20. The molecule has 0 saturated carbocycles. The maximum absolute atomic E-state index is 12.7. The van der Waals surface area contributed by atoms with Crippen LogP contribution in [-0.2, 0) is 11.0 Å². The summed E-state index contributed by atoms with van der Waals surface area (Å²) >= 11 is 11.9. The van der Waals surface area contributed by atoms with Crippen molar-refractivity contribution in [2.75, 3.05) is 11.2 Å². The van der Waals surface area contributed by atoms with E-state index in [1.54, 1.807) is 0 Å². The molecule has 1 aromatic rings. The van der Waals surface area contributed by atoms with Crippen molar-refractivity contribution < 1.29 is 18.0 Å². The second-order valence-electron chi connectivity index (χ2n) is 3.71. The molecule has 0 aliphatic heterocycles. The van der Waals surface area contributed by atoms with Crippen LogP contribution in [0.3, 0.4) is 0 Å². The van der Waals surface area contributed by atoms with E-state index in [0.29, 0.717) is 16.3 Å². The molecule has 1 rings (SSSR count). The number of halogens is 5. The largest absolute Gasteiger partial charge is 0.416 e. The Balaban J connectivity index is 2.94. The van der Waals surface area contributed by atoms with Gasteiger partial charge in [-0.2, -0.15) is 18.3 Å². The smallest absolute Gasteiger partial charge is 0.290 e. The SMILES string of the molecule is CCSc1cc(C(F)(F)F)ccc1NN=CC(=O)C(Cl)Cl. The van der Waals surface area contributed by atoms with Gasteiger partial charge in [0.15, 0.2) is 4.84 Å². The minimum atomic E-state index is -4.41. The lowest BCUT2D eigenvalue weighted by atomic mass is 10.2. The van der Waals surface area contributed by atoms with Crippen molar-refractivity contribution in [3.05, 3.63) is 23.8 Å². The van der Waals surface area contributed by atoms with Gasteiger partial charge in [0.25, 0.3) is 0 Å². The maximum Gasteiger partial charge on any atom is 0.416 e. The van der Waals surface area contributed by atoms with Crippen molar-refractivity contribution in [1.82, 2.24) is 0 Å². The molecule has 0 bridgehead atoms. The number of Topliss-reactive ketones (excluding diaryl/α,β-unsaturated/α-hetero) is 1. The Hall–Kier alpha value is -0.920. The molecule has 0 atom stereocenters. The molecule has 0 fully saturated rings. The highest BCUT2D eigenvalue weighted by molar-refractivity contribution is 7.99. The van der Waals surface area contributed by atoms with E-state index in [4.69, 9.17) is 23.2 Å². The number of rotatable bonds is 6. The Morgan fingerprint density at radius 2 is 2.14 bits per heavy atom. The summed E-state index contributed by atoms with van der Waals surface area (Å²) in [6.45, 7) is 1.81. The Morgan fingerprint density at radius 3 is 2.67 bits per heavy atom. The first-order chi connectivity index (χ1) is 9.75. The van der Waals surface area contributed by atoms with Gasteiger partial charge in [-0.05, 0) is 24.0 Å². The van der Waals surface area contributed by atoms with Crippen molar-refractivity contribution in [2.45, 2.75) is 22.8 Å². The first kappa shape index (κ1) is 18.1. The highest BCUT2D eigenvalue weighted by Gasteiger charge is 2.31. The summed E-state index contributed by atoms with van der Waals surface area (Å²) < 4.78 is 38.0. The lowest BCUT2D eigenvalue weighted by Crippen LogP contribution is -2.10. The molecule has 0 aliphatic rings. The molecule has 0 saturated heterocycles. The second kappa shape index (κ2) is 7.91. The average Bonchev–Trinajstić information content (AvgIpc) is 2.39. The van der Waals surface area contributed by atoms with Crippen LogP contribution in [0.4, 0.5) is 18.9 Å². The van der Waals surface area contributed by atoms with Crippen LogP contribution in [-0.4, -0.2) is 22.6 Å². The number of hydrazone groups is 1. The lowest BCUT2D eigenvalue weighted by Gasteiger charge is -2.12. The molecule has 0 radical (unpaired) electrons. The predicted octanol–water partition coefficient (Wildman–Crippen LogP) is 4.59. The first-order valence-electron chi connectivity index (χ1n) is 5.70. The van der Waals surface area contributed by atoms with Crippen molar-refractivity contribution in [3.63, 3.8) is 0 Å². The molecule has 21 heavy (non-hydrogen) atoms. The minimum absolute atomic E-state index is 0.361. The third-order valence-corrected chi connectivity index (χ3v) is 3.57. The highest BCUT2D eigenvalue weighted by Crippen LogP contribution is 2.35. The molecule has 116 valence electrons. The molecule has 1 N–H and O–H groups in total. The number of hydrogen-bond donors (Lipinski definition) is 1. The third kappa shape index (κ3) is 5.76. The normalized spacial score (nSPS) is 12.1. The Kier molecular flexibility index (Phi) is 6.83. The van der Waals surface area contributed by atoms with Gasteiger partial charge in [0, 0.05) is 4.90 Å². The van der Waals surface area contributed by atoms with E-state index in [0.717, 1.165) is 18.3 Å². The van der Waals surface area contributed by atoms with Crippen molar-refractivity contribution in [1.29, 1.82) is 0 Å². The summed E-state index contributed by atoms with van der Waals surface area (Å²) in [6, 6.07) is 3.21. The van der Waals surface area contributed by atoms with E-state index in [2.05, 4.69) is 10.5 Å². The molecule has 0 heterocycles. The van der Waals surface area contributed by atoms with Crippen LogP contribution in [0.5, 0.6) is 0 Å². The van der Waals surface area contributed by atoms with E-state index in [1.807, 2.05) is 6.92 Å². The molecule has 9 heteroatoms. The quantitative estimate of drug-likeness (QED) is 0.350. The minimum Gasteiger partial charge on any atom is -0.290 e. The second-order valence-corrected chi connectivity index (χ2v) is 6.12. The van der Waals surface area contributed by atoms with Gasteiger partial charge >= 0.3 is 6.18 Å². The van der Waals surface area contributed by atoms with Crippen LogP contribution < -0.4 is 5.43 Å². The van der Waals surface area contributed by atoms with Gasteiger partial charge in [-0.25, -0.2) is 0 Å². The molecular weight excluding hydrogens is 348 g/mol. The van der Waals surface area contributed by atoms with E-state index in [9.17, 15) is 18.0 Å². The van der Waals surface area contributed by atoms with Crippen molar-refractivity contribution in [3.8, 4) is 0 Å². The Bertz CT molecular complexity index is 536. The number of carbonyl (C=O) groups is 1. The molecule has 0 aromatic heterocycles. The fourth-order valence-corrected chi connectivity index (χ4v) is 2.19. The lowest BCUT2D eigenvalue weighted by molar-refractivity contribution is -0.137. The number of carbonyl (C=O) groups excluding carboxylic acids is 1. The number of hydrogen-bond acceptors (Lipinski definition) is 4. The Morgan fingerprint density at radius 1 is 1.48 bits per heavy atom. The summed E-state index contributed by atoms with van der Waals surface area (Å²) in [5, 5.41) is 3.61. The number of nitrogens with zero attached hydrogens (tertiary/aromatic N) is 1. The molecule has 0 spiro atoms. The molecule has 0 amide bonds. The van der Waals surface area contributed by atoms with E-state index in [1.165, 1.54) is 17.8 Å². The number of nitrogens with one attached hydrogen (secondary N) is 1. The van der Waals surface area contributed by atoms with Gasteiger partial charge < -0.3 is 0 Å². The standard InChI is InChI=1S/C12H11Cl2F3N2OS/c1-2-21-10-5-7(12(15,16)17)3-4-8(10)19-18-6-9(20)11(13)14/h3-6,11,19H,2H2,1H3. The van der Waals surface area contributed by atoms with Gasteiger partial charge in [-0.15, -0.1) is 11.8 Å². The van der Waals surface area contributed by atoms with E-state index in [-0.39, 0.29) is 0 Å². The van der Waals surface area contributed by atoms with Crippen molar-refractivity contribution in [2.24, 2.45) is 5.10 Å². The zero-order chi connectivity index (χ0) is 16.0. The summed E-state index contributed by atoms with van der Waals surface area (Å²) in [4.78, 5) is 10.3. The topological polar surface area (TPSA) is 41.5 Å². The maximum atomic E-state index is 12.7. The number of thioether (sulfide) groups is 1. The molecule has 3 nitrogen and oxygen atoms in total. The first-order valence-corrected chi connectivity index (χ1v) is 7.56. The van der Waals surface area contributed by atoms with E-state index >= 15 is 0 Å². The fourth-order valence-electron chi connectivity index (χ4n) is 1.29. The molecular formula is C12H11Cl2F3N2OS. The van der Waals surface area contributed by atoms with Crippen LogP contribution in [0.2, 0.25) is 0 Å². The number of alkyl halides is 5. The highest BCUT2D eigenvalue weighted by atomic mass is 35.5. The Labute approximate surface area is 133 Å². The summed E-state index contributed by atoms with van der Waals surface area (Å²) in [6.07, 6.45) is -3.53. The molecule has 1 aromatic carbocycles. The molecule has 0 unspecified atom stereocenters. The van der Waals surface area contributed by atoms with Crippen LogP contribution >= 0.6 is 35.0 Å². The van der Waals surface area contributed by atoms with Gasteiger partial charge in [0.05, 0.1) is 17.5 Å². The van der Waals surface area contributed by atoms with Crippen LogP contribution in [0.1, 0.15) is 12.5 Å². The van der Waals surface area contributed by atoms with E-state index < -0.39 is 22.4 Å². The van der Waals surface area contributed by atoms with Gasteiger partial charge in [-0.3, -0.25) is 10.2 Å². The van der Waals surface area contributed by atoms with Crippen LogP contribution in [0.15, 0.2) is 28.2 Å². The number of benzene rings is 1. The molecule has 0 aliphatic carbocycles. The average molecular weight is 359 g/mol. The summed E-state index contributed by atoms with van der Waals surface area (Å²) in [5.74, 6) is -0.0354. The summed E-state index contributed by atoms with van der Waals surface area (Å²) in [7, 11) is 0. The summed E-state index contributed by atoms with van der Waals surface area (Å²) in [5.41, 5.74) is 2.12. The number of anilines is 1. The van der Waals surface area contributed by atoms with Gasteiger partial charge in [-0.1, -0.05) is 30.1 Å². The van der Waals surface area contributed by atoms with Gasteiger partial charge in [0.1, 0.15) is 0 Å². The zero-order valence-corrected chi connectivity index (χ0v) is 13.1. The number of ketones is 1.